The van der Waals surface area contributed by atoms with Gasteiger partial charge < -0.3 is 5.32 Å². The Labute approximate surface area is 119 Å². The highest BCUT2D eigenvalue weighted by Gasteiger charge is 2.39. The van der Waals surface area contributed by atoms with Crippen molar-refractivity contribution < 1.29 is 14.4 Å². The second kappa shape index (κ2) is 4.78. The first kappa shape index (κ1) is 12.9. The highest BCUT2D eigenvalue weighted by atomic mass is 16.2. The molecule has 0 spiro atoms. The fraction of sp³-hybridized carbons (Fsp3) is 0.0714. The van der Waals surface area contributed by atoms with E-state index in [1.54, 1.807) is 24.3 Å². The molecule has 1 aromatic carbocycles. The zero-order valence-electron chi connectivity index (χ0n) is 11.0. The second-order valence-corrected chi connectivity index (χ2v) is 4.43. The van der Waals surface area contributed by atoms with E-state index in [4.69, 9.17) is 0 Å². The number of carbonyl (C=O) groups excluding carboxylic acids is 3. The number of amides is 3. The van der Waals surface area contributed by atoms with E-state index >= 15 is 0 Å². The second-order valence-electron chi connectivity index (χ2n) is 4.43. The van der Waals surface area contributed by atoms with Crippen LogP contribution in [0.5, 0.6) is 0 Å². The molecule has 0 saturated heterocycles. The summed E-state index contributed by atoms with van der Waals surface area (Å²) in [6.07, 6.45) is 2.74. The summed E-state index contributed by atoms with van der Waals surface area (Å²) in [5.41, 5.74) is 1.08. The number of anilines is 2. The number of nitrogens with one attached hydrogen (secondary N) is 1. The molecule has 0 aliphatic carbocycles. The van der Waals surface area contributed by atoms with Gasteiger partial charge >= 0.3 is 0 Å². The number of fused-ring (bicyclic) bond motifs is 1. The Morgan fingerprint density at radius 2 is 1.52 bits per heavy atom. The SMILES string of the molecule is CC(=O)Nc1ccc(N2C(=O)c3nccnc3C2=O)cc1. The minimum atomic E-state index is -0.504. The van der Waals surface area contributed by atoms with Crippen molar-refractivity contribution >= 4 is 29.1 Å². The number of aromatic nitrogens is 2. The first-order valence-corrected chi connectivity index (χ1v) is 6.15. The topological polar surface area (TPSA) is 92.3 Å². The van der Waals surface area contributed by atoms with Gasteiger partial charge in [0.1, 0.15) is 0 Å². The monoisotopic (exact) mass is 282 g/mol. The van der Waals surface area contributed by atoms with Crippen LogP contribution in [0.3, 0.4) is 0 Å². The molecule has 0 bridgehead atoms. The molecule has 7 heteroatoms. The third-order valence-electron chi connectivity index (χ3n) is 2.96. The molecular weight excluding hydrogens is 272 g/mol. The molecule has 0 atom stereocenters. The van der Waals surface area contributed by atoms with E-state index in [-0.39, 0.29) is 17.3 Å². The third-order valence-corrected chi connectivity index (χ3v) is 2.96. The molecule has 1 aromatic heterocycles. The summed E-state index contributed by atoms with van der Waals surface area (Å²) in [4.78, 5) is 44.2. The van der Waals surface area contributed by atoms with Crippen molar-refractivity contribution in [2.45, 2.75) is 6.92 Å². The number of carbonyl (C=O) groups is 3. The first-order chi connectivity index (χ1) is 10.1. The van der Waals surface area contributed by atoms with Gasteiger partial charge in [-0.15, -0.1) is 0 Å². The standard InChI is InChI=1S/C14H10N4O3/c1-8(19)17-9-2-4-10(5-3-9)18-13(20)11-12(14(18)21)16-7-6-15-11/h2-7H,1H3,(H,17,19). The van der Waals surface area contributed by atoms with Gasteiger partial charge in [-0.3, -0.25) is 14.4 Å². The van der Waals surface area contributed by atoms with Crippen LogP contribution in [-0.4, -0.2) is 27.7 Å². The number of nitrogens with zero attached hydrogens (tertiary/aromatic N) is 3. The Morgan fingerprint density at radius 1 is 1.00 bits per heavy atom. The molecule has 0 radical (unpaired) electrons. The summed E-state index contributed by atoms with van der Waals surface area (Å²) >= 11 is 0. The predicted molar refractivity (Wildman–Crippen MR) is 73.9 cm³/mol. The van der Waals surface area contributed by atoms with Gasteiger partial charge in [0, 0.05) is 25.0 Å². The zero-order chi connectivity index (χ0) is 15.0. The highest BCUT2D eigenvalue weighted by molar-refractivity contribution is 6.33. The van der Waals surface area contributed by atoms with Gasteiger partial charge in [0.15, 0.2) is 11.4 Å². The van der Waals surface area contributed by atoms with Crippen LogP contribution in [0, 0.1) is 0 Å². The summed E-state index contributed by atoms with van der Waals surface area (Å²) < 4.78 is 0. The first-order valence-electron chi connectivity index (χ1n) is 6.15. The lowest BCUT2D eigenvalue weighted by Crippen LogP contribution is -2.29. The Hall–Kier alpha value is -3.09. The van der Waals surface area contributed by atoms with Gasteiger partial charge in [-0.05, 0) is 24.3 Å². The molecule has 3 rings (SSSR count). The largest absolute Gasteiger partial charge is 0.326 e. The Morgan fingerprint density at radius 3 is 2.00 bits per heavy atom. The lowest BCUT2D eigenvalue weighted by atomic mass is 10.2. The Kier molecular flexibility index (Phi) is 2.94. The van der Waals surface area contributed by atoms with E-state index in [0.717, 1.165) is 4.90 Å². The number of hydrogen-bond donors (Lipinski definition) is 1. The molecule has 1 aliphatic heterocycles. The maximum atomic E-state index is 12.2. The smallest absolute Gasteiger partial charge is 0.286 e. The van der Waals surface area contributed by atoms with Gasteiger partial charge in [0.05, 0.1) is 5.69 Å². The molecule has 0 saturated carbocycles. The summed E-state index contributed by atoms with van der Waals surface area (Å²) in [6.45, 7) is 1.40. The highest BCUT2D eigenvalue weighted by Crippen LogP contribution is 2.26. The number of benzene rings is 1. The predicted octanol–water partition coefficient (Wildman–Crippen LogP) is 1.24. The van der Waals surface area contributed by atoms with Crippen molar-refractivity contribution in [2.24, 2.45) is 0 Å². The van der Waals surface area contributed by atoms with Crippen LogP contribution in [0.4, 0.5) is 11.4 Å². The molecule has 3 amide bonds. The molecule has 1 N–H and O–H groups in total. The van der Waals surface area contributed by atoms with Gasteiger partial charge in [-0.1, -0.05) is 0 Å². The number of rotatable bonds is 2. The van der Waals surface area contributed by atoms with Crippen LogP contribution < -0.4 is 10.2 Å². The molecule has 0 unspecified atom stereocenters. The molecular formula is C14H10N4O3. The van der Waals surface area contributed by atoms with E-state index in [1.807, 2.05) is 0 Å². The molecule has 2 heterocycles. The van der Waals surface area contributed by atoms with Gasteiger partial charge in [0.25, 0.3) is 11.8 Å². The fourth-order valence-corrected chi connectivity index (χ4v) is 2.09. The lowest BCUT2D eigenvalue weighted by molar-refractivity contribution is -0.114. The minimum Gasteiger partial charge on any atom is -0.326 e. The van der Waals surface area contributed by atoms with Crippen LogP contribution in [-0.2, 0) is 4.79 Å². The van der Waals surface area contributed by atoms with E-state index in [1.165, 1.54) is 19.3 Å². The molecule has 7 nitrogen and oxygen atoms in total. The Bertz CT molecular complexity index is 720. The molecule has 0 fully saturated rings. The fourth-order valence-electron chi connectivity index (χ4n) is 2.09. The van der Waals surface area contributed by atoms with Gasteiger partial charge in [-0.25, -0.2) is 14.9 Å². The van der Waals surface area contributed by atoms with Crippen LogP contribution in [0.25, 0.3) is 0 Å². The van der Waals surface area contributed by atoms with E-state index < -0.39 is 11.8 Å². The summed E-state index contributed by atoms with van der Waals surface area (Å²) in [5.74, 6) is -1.21. The van der Waals surface area contributed by atoms with Crippen molar-refractivity contribution in [3.8, 4) is 0 Å². The van der Waals surface area contributed by atoms with Crippen molar-refractivity contribution in [1.82, 2.24) is 9.97 Å². The van der Waals surface area contributed by atoms with E-state index in [2.05, 4.69) is 15.3 Å². The van der Waals surface area contributed by atoms with Gasteiger partial charge in [0.2, 0.25) is 5.91 Å². The third kappa shape index (κ3) is 2.14. The average molecular weight is 282 g/mol. The molecule has 2 aromatic rings. The quantitative estimate of drug-likeness (QED) is 0.836. The van der Waals surface area contributed by atoms with Crippen molar-refractivity contribution in [2.75, 3.05) is 10.2 Å². The number of imide groups is 1. The van der Waals surface area contributed by atoms with Crippen LogP contribution >= 0.6 is 0 Å². The van der Waals surface area contributed by atoms with Crippen molar-refractivity contribution in [3.63, 3.8) is 0 Å². The molecule has 21 heavy (non-hydrogen) atoms. The number of hydrogen-bond acceptors (Lipinski definition) is 5. The normalized spacial score (nSPS) is 13.3. The van der Waals surface area contributed by atoms with E-state index in [9.17, 15) is 14.4 Å². The molecule has 1 aliphatic rings. The van der Waals surface area contributed by atoms with Crippen molar-refractivity contribution in [1.29, 1.82) is 0 Å². The minimum absolute atomic E-state index is 0.0495. The van der Waals surface area contributed by atoms with E-state index in [0.29, 0.717) is 11.4 Å². The average Bonchev–Trinajstić information content (AvgIpc) is 2.72. The summed E-state index contributed by atoms with van der Waals surface area (Å²) in [7, 11) is 0. The van der Waals surface area contributed by atoms with Crippen LogP contribution in [0.15, 0.2) is 36.7 Å². The lowest BCUT2D eigenvalue weighted by Gasteiger charge is -2.13. The maximum absolute atomic E-state index is 12.2. The summed E-state index contributed by atoms with van der Waals surface area (Å²) in [6, 6.07) is 6.38. The van der Waals surface area contributed by atoms with Crippen molar-refractivity contribution in [3.05, 3.63) is 48.0 Å². The Balaban J connectivity index is 1.94. The maximum Gasteiger partial charge on any atom is 0.286 e. The summed E-state index contributed by atoms with van der Waals surface area (Å²) in [5, 5.41) is 2.61. The van der Waals surface area contributed by atoms with Gasteiger partial charge in [-0.2, -0.15) is 0 Å². The molecule has 104 valence electrons. The van der Waals surface area contributed by atoms with Crippen LogP contribution in [0.1, 0.15) is 27.9 Å². The zero-order valence-corrected chi connectivity index (χ0v) is 11.0. The van der Waals surface area contributed by atoms with Crippen LogP contribution in [0.2, 0.25) is 0 Å².